The average molecular weight is 308 g/mol. The van der Waals surface area contributed by atoms with Gasteiger partial charge in [0.25, 0.3) is 0 Å². The predicted octanol–water partition coefficient (Wildman–Crippen LogP) is 3.74. The van der Waals surface area contributed by atoms with E-state index in [-0.39, 0.29) is 6.54 Å². The van der Waals surface area contributed by atoms with Crippen LogP contribution < -0.4 is 10.6 Å². The molecule has 0 aliphatic heterocycles. The Labute approximate surface area is 125 Å². The van der Waals surface area contributed by atoms with Crippen LogP contribution in [0.15, 0.2) is 47.4 Å². The van der Waals surface area contributed by atoms with Crippen LogP contribution in [0.3, 0.4) is 0 Å². The largest absolute Gasteiger partial charge is 0.376 e. The van der Waals surface area contributed by atoms with Crippen molar-refractivity contribution in [3.05, 3.63) is 54.1 Å². The smallest absolute Gasteiger partial charge is 0.243 e. The van der Waals surface area contributed by atoms with Crippen molar-refractivity contribution in [2.45, 2.75) is 4.90 Å². The van der Waals surface area contributed by atoms with Gasteiger partial charge in [-0.1, -0.05) is 12.1 Å². The minimum Gasteiger partial charge on any atom is -0.376 e. The van der Waals surface area contributed by atoms with Gasteiger partial charge in [-0.25, -0.2) is 8.78 Å². The number of amides is 1. The Morgan fingerprint density at radius 1 is 1.14 bits per heavy atom. The molecule has 0 bridgehead atoms. The van der Waals surface area contributed by atoms with E-state index in [4.69, 9.17) is 0 Å². The van der Waals surface area contributed by atoms with Crippen molar-refractivity contribution < 1.29 is 13.6 Å². The second kappa shape index (κ2) is 7.08. The van der Waals surface area contributed by atoms with Crippen LogP contribution in [0.4, 0.5) is 20.2 Å². The van der Waals surface area contributed by atoms with E-state index in [2.05, 4.69) is 10.6 Å². The van der Waals surface area contributed by atoms with E-state index in [1.54, 1.807) is 11.8 Å². The molecular formula is C15H14F2N2OS. The zero-order chi connectivity index (χ0) is 15.2. The highest BCUT2D eigenvalue weighted by atomic mass is 32.2. The van der Waals surface area contributed by atoms with Crippen molar-refractivity contribution >= 4 is 29.0 Å². The highest BCUT2D eigenvalue weighted by Gasteiger charge is 2.11. The van der Waals surface area contributed by atoms with Crippen LogP contribution in [0.5, 0.6) is 0 Å². The first-order valence-corrected chi connectivity index (χ1v) is 7.44. The van der Waals surface area contributed by atoms with Crippen molar-refractivity contribution in [3.63, 3.8) is 0 Å². The van der Waals surface area contributed by atoms with E-state index in [0.717, 1.165) is 22.7 Å². The maximum atomic E-state index is 13.4. The summed E-state index contributed by atoms with van der Waals surface area (Å²) in [5.41, 5.74) is 0.341. The predicted molar refractivity (Wildman–Crippen MR) is 81.7 cm³/mol. The lowest BCUT2D eigenvalue weighted by Crippen LogP contribution is -2.23. The Morgan fingerprint density at radius 3 is 2.48 bits per heavy atom. The number of benzene rings is 2. The fraction of sp³-hybridized carbons (Fsp3) is 0.133. The molecule has 2 rings (SSSR count). The van der Waals surface area contributed by atoms with E-state index in [9.17, 15) is 13.6 Å². The summed E-state index contributed by atoms with van der Waals surface area (Å²) in [6.45, 7) is -0.0778. The van der Waals surface area contributed by atoms with Crippen molar-refractivity contribution in [2.75, 3.05) is 23.4 Å². The standard InChI is InChI=1S/C15H14F2N2OS/c1-21-11-5-2-4-10(8-11)18-9-14(20)19-15-12(16)6-3-7-13(15)17/h2-8,18H,9H2,1H3,(H,19,20). The summed E-state index contributed by atoms with van der Waals surface area (Å²) in [7, 11) is 0. The molecule has 3 nitrogen and oxygen atoms in total. The van der Waals surface area contributed by atoms with E-state index in [0.29, 0.717) is 0 Å². The van der Waals surface area contributed by atoms with Crippen molar-refractivity contribution in [1.82, 2.24) is 0 Å². The Bertz CT molecular complexity index is 629. The van der Waals surface area contributed by atoms with Gasteiger partial charge in [-0.15, -0.1) is 11.8 Å². The van der Waals surface area contributed by atoms with Crippen LogP contribution in [-0.4, -0.2) is 18.7 Å². The normalized spacial score (nSPS) is 10.2. The third kappa shape index (κ3) is 4.19. The molecule has 0 aromatic heterocycles. The van der Waals surface area contributed by atoms with Gasteiger partial charge in [0.2, 0.25) is 5.91 Å². The lowest BCUT2D eigenvalue weighted by Gasteiger charge is -2.09. The molecular weight excluding hydrogens is 294 g/mol. The van der Waals surface area contributed by atoms with Gasteiger partial charge in [0.15, 0.2) is 0 Å². The number of hydrogen-bond acceptors (Lipinski definition) is 3. The van der Waals surface area contributed by atoms with E-state index in [1.165, 1.54) is 6.07 Å². The monoisotopic (exact) mass is 308 g/mol. The topological polar surface area (TPSA) is 41.1 Å². The Kier molecular flexibility index (Phi) is 5.16. The molecule has 0 radical (unpaired) electrons. The van der Waals surface area contributed by atoms with Gasteiger partial charge in [-0.05, 0) is 36.6 Å². The molecule has 0 spiro atoms. The number of hydrogen-bond donors (Lipinski definition) is 2. The molecule has 2 N–H and O–H groups in total. The van der Waals surface area contributed by atoms with Gasteiger partial charge in [0.05, 0.1) is 6.54 Å². The molecule has 21 heavy (non-hydrogen) atoms. The quantitative estimate of drug-likeness (QED) is 0.827. The highest BCUT2D eigenvalue weighted by molar-refractivity contribution is 7.98. The molecule has 1 amide bonds. The van der Waals surface area contributed by atoms with Crippen LogP contribution in [0.2, 0.25) is 0 Å². The van der Waals surface area contributed by atoms with Crippen LogP contribution in [-0.2, 0) is 4.79 Å². The Hall–Kier alpha value is -2.08. The second-order valence-corrected chi connectivity index (χ2v) is 5.11. The number of halogens is 2. The molecule has 0 heterocycles. The average Bonchev–Trinajstić information content (AvgIpc) is 2.49. The lowest BCUT2D eigenvalue weighted by molar-refractivity contribution is -0.114. The highest BCUT2D eigenvalue weighted by Crippen LogP contribution is 2.19. The van der Waals surface area contributed by atoms with Crippen molar-refractivity contribution in [1.29, 1.82) is 0 Å². The summed E-state index contributed by atoms with van der Waals surface area (Å²) in [6.07, 6.45) is 1.95. The lowest BCUT2D eigenvalue weighted by atomic mass is 10.3. The number of anilines is 2. The Morgan fingerprint density at radius 2 is 1.81 bits per heavy atom. The van der Waals surface area contributed by atoms with Crippen LogP contribution >= 0.6 is 11.8 Å². The first-order chi connectivity index (χ1) is 10.1. The third-order valence-corrected chi connectivity index (χ3v) is 3.48. The molecule has 0 fully saturated rings. The fourth-order valence-corrected chi connectivity index (χ4v) is 2.18. The van der Waals surface area contributed by atoms with Crippen molar-refractivity contribution in [3.8, 4) is 0 Å². The SMILES string of the molecule is CSc1cccc(NCC(=O)Nc2c(F)cccc2F)c1. The number of nitrogens with one attached hydrogen (secondary N) is 2. The van der Waals surface area contributed by atoms with Crippen molar-refractivity contribution in [2.24, 2.45) is 0 Å². The summed E-state index contributed by atoms with van der Waals surface area (Å²) in [5.74, 6) is -2.12. The summed E-state index contributed by atoms with van der Waals surface area (Å²) >= 11 is 1.58. The summed E-state index contributed by atoms with van der Waals surface area (Å²) in [4.78, 5) is 12.8. The van der Waals surface area contributed by atoms with Gasteiger partial charge in [-0.3, -0.25) is 4.79 Å². The zero-order valence-corrected chi connectivity index (χ0v) is 12.1. The van der Waals surface area contributed by atoms with Gasteiger partial charge in [0.1, 0.15) is 17.3 Å². The van der Waals surface area contributed by atoms with Gasteiger partial charge >= 0.3 is 0 Å². The molecule has 0 atom stereocenters. The Balaban J connectivity index is 1.96. The van der Waals surface area contributed by atoms with Crippen LogP contribution in [0.25, 0.3) is 0 Å². The van der Waals surface area contributed by atoms with Gasteiger partial charge in [-0.2, -0.15) is 0 Å². The molecule has 0 aliphatic carbocycles. The molecule has 0 aliphatic rings. The number of rotatable bonds is 5. The second-order valence-electron chi connectivity index (χ2n) is 4.23. The molecule has 0 saturated heterocycles. The van der Waals surface area contributed by atoms with E-state index < -0.39 is 23.2 Å². The molecule has 0 saturated carbocycles. The third-order valence-electron chi connectivity index (χ3n) is 2.75. The van der Waals surface area contributed by atoms with Crippen LogP contribution in [0.1, 0.15) is 0 Å². The maximum Gasteiger partial charge on any atom is 0.243 e. The molecule has 110 valence electrons. The molecule has 2 aromatic rings. The molecule has 0 unspecified atom stereocenters. The number of para-hydroxylation sites is 1. The number of thioether (sulfide) groups is 1. The number of carbonyl (C=O) groups is 1. The zero-order valence-electron chi connectivity index (χ0n) is 11.3. The van der Waals surface area contributed by atoms with Crippen LogP contribution in [0, 0.1) is 11.6 Å². The maximum absolute atomic E-state index is 13.4. The summed E-state index contributed by atoms with van der Waals surface area (Å²) in [6, 6.07) is 10.9. The van der Waals surface area contributed by atoms with E-state index >= 15 is 0 Å². The minimum atomic E-state index is -0.798. The fourth-order valence-electron chi connectivity index (χ4n) is 1.72. The summed E-state index contributed by atoms with van der Waals surface area (Å²) in [5, 5.41) is 5.13. The minimum absolute atomic E-state index is 0.0778. The summed E-state index contributed by atoms with van der Waals surface area (Å²) < 4.78 is 26.8. The first-order valence-electron chi connectivity index (χ1n) is 6.22. The van der Waals surface area contributed by atoms with Gasteiger partial charge < -0.3 is 10.6 Å². The van der Waals surface area contributed by atoms with E-state index in [1.807, 2.05) is 30.5 Å². The van der Waals surface area contributed by atoms with Gasteiger partial charge in [0, 0.05) is 10.6 Å². The number of carbonyl (C=O) groups excluding carboxylic acids is 1. The molecule has 6 heteroatoms. The first kappa shape index (κ1) is 15.3. The molecule has 2 aromatic carbocycles.